The molecule has 4 atom stereocenters. The van der Waals surface area contributed by atoms with E-state index in [2.05, 4.69) is 42.5 Å². The Balaban J connectivity index is 1.51. The maximum atomic E-state index is 10.6. The summed E-state index contributed by atoms with van der Waals surface area (Å²) in [5, 5.41) is 31.6. The molecule has 2 aliphatic rings. The molecule has 1 saturated heterocycles. The van der Waals surface area contributed by atoms with E-state index in [4.69, 9.17) is 4.74 Å². The van der Waals surface area contributed by atoms with Crippen molar-refractivity contribution in [2.75, 3.05) is 6.61 Å². The predicted molar refractivity (Wildman–Crippen MR) is 114 cm³/mol. The first-order valence-corrected chi connectivity index (χ1v) is 11.2. The van der Waals surface area contributed by atoms with E-state index in [9.17, 15) is 15.3 Å². The Morgan fingerprint density at radius 3 is 2.76 bits per heavy atom. The molecule has 3 aromatic rings. The van der Waals surface area contributed by atoms with Gasteiger partial charge < -0.3 is 20.1 Å². The molecule has 5 heteroatoms. The molecular weight excluding hydrogens is 384 g/mol. The van der Waals surface area contributed by atoms with Crippen LogP contribution in [0.25, 0.3) is 10.1 Å². The first-order valence-electron chi connectivity index (χ1n) is 10.4. The van der Waals surface area contributed by atoms with Crippen LogP contribution < -0.4 is 0 Å². The number of hydrogen-bond donors (Lipinski definition) is 3. The zero-order valence-electron chi connectivity index (χ0n) is 16.3. The maximum absolute atomic E-state index is 10.6. The first kappa shape index (κ1) is 19.2. The number of benzene rings is 2. The summed E-state index contributed by atoms with van der Waals surface area (Å²) in [6.45, 7) is -0.153. The number of aryl methyl sites for hydroxylation is 1. The van der Waals surface area contributed by atoms with E-state index >= 15 is 0 Å². The lowest BCUT2D eigenvalue weighted by atomic mass is 9.89. The Morgan fingerprint density at radius 1 is 1.07 bits per heavy atom. The minimum atomic E-state index is -0.977. The molecule has 1 aliphatic heterocycles. The van der Waals surface area contributed by atoms with Crippen molar-refractivity contribution < 1.29 is 20.1 Å². The molecule has 5 rings (SSSR count). The van der Waals surface area contributed by atoms with Crippen molar-refractivity contribution in [3.05, 3.63) is 69.6 Å². The van der Waals surface area contributed by atoms with Gasteiger partial charge >= 0.3 is 0 Å². The second kappa shape index (κ2) is 7.82. The van der Waals surface area contributed by atoms with Crippen LogP contribution in [0.2, 0.25) is 0 Å². The molecule has 2 heterocycles. The van der Waals surface area contributed by atoms with Gasteiger partial charge in [0, 0.05) is 22.4 Å². The number of aliphatic hydroxyl groups excluding tert-OH is 3. The van der Waals surface area contributed by atoms with Gasteiger partial charge in [-0.25, -0.2) is 0 Å². The summed E-state index contributed by atoms with van der Waals surface area (Å²) in [6.07, 6.45) is 1.48. The summed E-state index contributed by atoms with van der Waals surface area (Å²) in [5.74, 6) is 0. The van der Waals surface area contributed by atoms with Gasteiger partial charge in [-0.1, -0.05) is 30.3 Å². The average Bonchev–Trinajstić information content (AvgIpc) is 3.36. The highest BCUT2D eigenvalue weighted by Gasteiger charge is 2.38. The van der Waals surface area contributed by atoms with Crippen molar-refractivity contribution in [3.63, 3.8) is 0 Å². The van der Waals surface area contributed by atoms with Crippen LogP contribution in [0.1, 0.15) is 46.1 Å². The van der Waals surface area contributed by atoms with Gasteiger partial charge in [-0.3, -0.25) is 0 Å². The minimum absolute atomic E-state index is 0.153. The highest BCUT2D eigenvalue weighted by atomic mass is 32.1. The van der Waals surface area contributed by atoms with Crippen molar-refractivity contribution in [2.45, 2.75) is 56.5 Å². The highest BCUT2D eigenvalue weighted by Crippen LogP contribution is 2.37. The van der Waals surface area contributed by atoms with Gasteiger partial charge in [0.1, 0.15) is 12.2 Å². The third-order valence-corrected chi connectivity index (χ3v) is 7.37. The van der Waals surface area contributed by atoms with Crippen LogP contribution in [0, 0.1) is 0 Å². The molecule has 4 nitrogen and oxygen atoms in total. The summed E-state index contributed by atoms with van der Waals surface area (Å²) in [6, 6.07) is 15.0. The molecule has 0 spiro atoms. The molecule has 0 unspecified atom stereocenters. The lowest BCUT2D eigenvalue weighted by molar-refractivity contribution is -0.179. The summed E-state index contributed by atoms with van der Waals surface area (Å²) < 4.78 is 7.26. The van der Waals surface area contributed by atoms with E-state index in [0.717, 1.165) is 31.2 Å². The Kier molecular flexibility index (Phi) is 5.18. The molecule has 3 N–H and O–H groups in total. The van der Waals surface area contributed by atoms with Crippen LogP contribution in [0.4, 0.5) is 0 Å². The highest BCUT2D eigenvalue weighted by molar-refractivity contribution is 7.19. The lowest BCUT2D eigenvalue weighted by Crippen LogP contribution is -2.44. The average molecular weight is 411 g/mol. The number of fused-ring (bicyclic) bond motifs is 2. The Morgan fingerprint density at radius 2 is 1.93 bits per heavy atom. The van der Waals surface area contributed by atoms with Crippen molar-refractivity contribution in [2.24, 2.45) is 0 Å². The Bertz CT molecular complexity index is 994. The van der Waals surface area contributed by atoms with E-state index in [1.165, 1.54) is 31.7 Å². The van der Waals surface area contributed by atoms with E-state index in [1.807, 2.05) is 11.3 Å². The second-order valence-corrected chi connectivity index (χ2v) is 9.42. The van der Waals surface area contributed by atoms with Crippen molar-refractivity contribution >= 4 is 21.4 Å². The summed E-state index contributed by atoms with van der Waals surface area (Å²) in [4.78, 5) is 1.33. The van der Waals surface area contributed by atoms with Gasteiger partial charge in [0.15, 0.2) is 0 Å². The van der Waals surface area contributed by atoms with Crippen LogP contribution >= 0.6 is 11.3 Å². The molecule has 0 radical (unpaired) electrons. The van der Waals surface area contributed by atoms with Crippen LogP contribution in [0.15, 0.2) is 42.5 Å². The largest absolute Gasteiger partial charge is 0.394 e. The molecule has 29 heavy (non-hydrogen) atoms. The number of rotatable bonds is 4. The molecule has 0 bridgehead atoms. The van der Waals surface area contributed by atoms with E-state index < -0.39 is 24.4 Å². The second-order valence-electron chi connectivity index (χ2n) is 8.25. The maximum Gasteiger partial charge on any atom is 0.111 e. The third kappa shape index (κ3) is 3.62. The fourth-order valence-corrected chi connectivity index (χ4v) is 5.89. The number of aliphatic hydroxyl groups is 3. The molecule has 152 valence electrons. The normalized spacial score (nSPS) is 26.7. The number of ether oxygens (including phenoxy) is 1. The van der Waals surface area contributed by atoms with E-state index in [1.54, 1.807) is 0 Å². The smallest absolute Gasteiger partial charge is 0.111 e. The first-order chi connectivity index (χ1) is 14.1. The van der Waals surface area contributed by atoms with Gasteiger partial charge in [-0.2, -0.15) is 0 Å². The van der Waals surface area contributed by atoms with Gasteiger partial charge in [-0.05, 0) is 59.0 Å². The topological polar surface area (TPSA) is 69.9 Å². The molecule has 1 fully saturated rings. The van der Waals surface area contributed by atoms with Gasteiger partial charge in [0.05, 0.1) is 18.8 Å². The predicted octanol–water partition coefficient (Wildman–Crippen LogP) is 3.52. The standard InChI is InChI=1S/C24H26O4S/c25-13-18-12-21(26)23(27)24(28-18)17-8-14-5-3-6-20(14)16(9-17)11-19-10-15-4-1-2-7-22(15)29-19/h1-2,4,7-10,18,21,23-27H,3,5-6,11-13H2/t18-,21-,23+,24-/m0/s1. The molecule has 0 amide bonds. The van der Waals surface area contributed by atoms with Crippen molar-refractivity contribution in [1.82, 2.24) is 0 Å². The minimum Gasteiger partial charge on any atom is -0.394 e. The van der Waals surface area contributed by atoms with Crippen LogP contribution in [-0.2, 0) is 24.0 Å². The number of hydrogen-bond acceptors (Lipinski definition) is 5. The van der Waals surface area contributed by atoms with Gasteiger partial charge in [0.25, 0.3) is 0 Å². The van der Waals surface area contributed by atoms with Gasteiger partial charge in [-0.15, -0.1) is 11.3 Å². The van der Waals surface area contributed by atoms with E-state index in [0.29, 0.717) is 0 Å². The van der Waals surface area contributed by atoms with Crippen LogP contribution in [0.5, 0.6) is 0 Å². The SMILES string of the molecule is OC[C@@H]1C[C@H](O)[C@@H](O)[C@H](c2cc3c(c(Cc4cc5ccccc5s4)c2)CCC3)O1. The Labute approximate surface area is 174 Å². The fraction of sp³-hybridized carbons (Fsp3) is 0.417. The molecular formula is C24H26O4S. The molecule has 1 aliphatic carbocycles. The van der Waals surface area contributed by atoms with Crippen molar-refractivity contribution in [1.29, 1.82) is 0 Å². The Hall–Kier alpha value is -1.76. The lowest BCUT2D eigenvalue weighted by Gasteiger charge is -2.37. The molecule has 1 aromatic heterocycles. The zero-order valence-corrected chi connectivity index (χ0v) is 17.1. The third-order valence-electron chi connectivity index (χ3n) is 6.25. The monoisotopic (exact) mass is 410 g/mol. The van der Waals surface area contributed by atoms with Crippen molar-refractivity contribution in [3.8, 4) is 0 Å². The zero-order chi connectivity index (χ0) is 20.0. The van der Waals surface area contributed by atoms with Crippen LogP contribution in [-0.4, -0.2) is 40.2 Å². The summed E-state index contributed by atoms with van der Waals surface area (Å²) in [7, 11) is 0. The van der Waals surface area contributed by atoms with Crippen LogP contribution in [0.3, 0.4) is 0 Å². The van der Waals surface area contributed by atoms with E-state index in [-0.39, 0.29) is 13.0 Å². The fourth-order valence-electron chi connectivity index (χ4n) is 4.81. The molecule has 0 saturated carbocycles. The summed E-state index contributed by atoms with van der Waals surface area (Å²) >= 11 is 1.83. The summed E-state index contributed by atoms with van der Waals surface area (Å²) in [5.41, 5.74) is 4.95. The quantitative estimate of drug-likeness (QED) is 0.616. The van der Waals surface area contributed by atoms with Gasteiger partial charge in [0.2, 0.25) is 0 Å². The number of thiophene rings is 1. The molecule has 2 aromatic carbocycles.